The van der Waals surface area contributed by atoms with E-state index in [0.717, 1.165) is 66.6 Å². The van der Waals surface area contributed by atoms with E-state index in [1.54, 1.807) is 0 Å². The fourth-order valence-corrected chi connectivity index (χ4v) is 4.25. The zero-order valence-corrected chi connectivity index (χ0v) is 18.3. The Morgan fingerprint density at radius 2 is 2.04 bits per heavy atom. The van der Waals surface area contributed by atoms with Gasteiger partial charge in [-0.05, 0) is 58.8 Å². The van der Waals surface area contributed by atoms with Crippen LogP contribution < -0.4 is 4.74 Å². The maximum Gasteiger partial charge on any atom is 0.256 e. The average Bonchev–Trinajstić information content (AvgIpc) is 3.21. The lowest BCUT2D eigenvalue weighted by molar-refractivity contribution is -0.131. The number of hydrogen-bond donors (Lipinski definition) is 0. The molecule has 0 saturated heterocycles. The van der Waals surface area contributed by atoms with Gasteiger partial charge in [-0.3, -0.25) is 14.7 Å². The Morgan fingerprint density at radius 1 is 1.30 bits per heavy atom. The van der Waals surface area contributed by atoms with E-state index in [0.29, 0.717) is 19.1 Å². The highest BCUT2D eigenvalue weighted by Gasteiger charge is 2.49. The molecule has 0 unspecified atom stereocenters. The Morgan fingerprint density at radius 3 is 2.70 bits per heavy atom. The first-order valence-electron chi connectivity index (χ1n) is 10.3. The fraction of sp³-hybridized carbons (Fsp3) is 0.636. The van der Waals surface area contributed by atoms with Gasteiger partial charge < -0.3 is 4.74 Å². The Kier molecular flexibility index (Phi) is 6.61. The van der Waals surface area contributed by atoms with Crippen molar-refractivity contribution in [3.63, 3.8) is 0 Å². The summed E-state index contributed by atoms with van der Waals surface area (Å²) in [5.41, 5.74) is 0.625. The van der Waals surface area contributed by atoms with Crippen LogP contribution >= 0.6 is 15.9 Å². The van der Waals surface area contributed by atoms with E-state index in [1.807, 2.05) is 11.0 Å². The van der Waals surface area contributed by atoms with Crippen molar-refractivity contribution in [2.45, 2.75) is 77.8 Å². The number of amidine groups is 1. The predicted molar refractivity (Wildman–Crippen MR) is 113 cm³/mol. The van der Waals surface area contributed by atoms with Crippen LogP contribution in [0.5, 0.6) is 5.75 Å². The predicted octanol–water partition coefficient (Wildman–Crippen LogP) is 5.73. The van der Waals surface area contributed by atoms with Gasteiger partial charge in [0.2, 0.25) is 0 Å². The number of hydrogen-bond acceptors (Lipinski definition) is 3. The highest BCUT2D eigenvalue weighted by molar-refractivity contribution is 9.10. The number of ether oxygens (including phenoxy) is 1. The van der Waals surface area contributed by atoms with Gasteiger partial charge in [0.05, 0.1) is 17.6 Å². The van der Waals surface area contributed by atoms with E-state index in [2.05, 4.69) is 48.8 Å². The summed E-state index contributed by atoms with van der Waals surface area (Å²) in [4.78, 5) is 20.2. The Balaban J connectivity index is 1.79. The third-order valence-corrected chi connectivity index (χ3v) is 6.05. The minimum absolute atomic E-state index is 0.207. The number of amides is 1. The van der Waals surface area contributed by atoms with Gasteiger partial charge in [0.15, 0.2) is 0 Å². The van der Waals surface area contributed by atoms with Crippen molar-refractivity contribution >= 4 is 27.7 Å². The Labute approximate surface area is 171 Å². The van der Waals surface area contributed by atoms with Gasteiger partial charge in [0.1, 0.15) is 17.1 Å². The molecule has 1 heterocycles. The van der Waals surface area contributed by atoms with Crippen LogP contribution in [0.15, 0.2) is 27.7 Å². The highest BCUT2D eigenvalue weighted by Crippen LogP contribution is 2.40. The number of aliphatic imine (C=N–C) groups is 1. The second-order valence-electron chi connectivity index (χ2n) is 8.23. The summed E-state index contributed by atoms with van der Waals surface area (Å²) in [6.07, 6.45) is 7.09. The summed E-state index contributed by atoms with van der Waals surface area (Å²) >= 11 is 3.57. The number of benzene rings is 1. The zero-order chi connectivity index (χ0) is 19.4. The molecule has 0 N–H and O–H groups in total. The number of carbonyl (C=O) groups is 1. The van der Waals surface area contributed by atoms with E-state index in [1.165, 1.54) is 0 Å². The normalized spacial score (nSPS) is 18.6. The molecule has 1 aromatic rings. The molecule has 1 spiro atoms. The topological polar surface area (TPSA) is 41.9 Å². The van der Waals surface area contributed by atoms with E-state index in [9.17, 15) is 4.79 Å². The molecule has 5 heteroatoms. The van der Waals surface area contributed by atoms with Gasteiger partial charge in [0.25, 0.3) is 5.91 Å². The largest absolute Gasteiger partial charge is 0.492 e. The molecule has 0 bridgehead atoms. The van der Waals surface area contributed by atoms with Crippen molar-refractivity contribution in [1.82, 2.24) is 4.90 Å². The first-order valence-corrected chi connectivity index (χ1v) is 11.1. The maximum absolute atomic E-state index is 13.2. The van der Waals surface area contributed by atoms with Crippen molar-refractivity contribution in [1.29, 1.82) is 0 Å². The first-order chi connectivity index (χ1) is 12.9. The molecule has 1 saturated carbocycles. The van der Waals surface area contributed by atoms with Crippen LogP contribution in [0.1, 0.15) is 71.3 Å². The number of carbonyl (C=O) groups excluding carboxylic acids is 1. The third kappa shape index (κ3) is 4.56. The highest BCUT2D eigenvalue weighted by atomic mass is 79.9. The molecule has 27 heavy (non-hydrogen) atoms. The van der Waals surface area contributed by atoms with E-state index >= 15 is 0 Å². The summed E-state index contributed by atoms with van der Waals surface area (Å²) in [5, 5.41) is 0. The molecule has 1 fully saturated rings. The number of nitrogens with zero attached hydrogens (tertiary/aromatic N) is 2. The minimum atomic E-state index is -0.463. The minimum Gasteiger partial charge on any atom is -0.492 e. The summed E-state index contributed by atoms with van der Waals surface area (Å²) in [5.74, 6) is 2.50. The fourth-order valence-electron chi connectivity index (χ4n) is 3.89. The van der Waals surface area contributed by atoms with Crippen molar-refractivity contribution in [3.05, 3.63) is 28.2 Å². The SMILES string of the molecule is CCCCC1=NC2(CCCC2)C(=O)N1Cc1ccc(Br)c(OCC(C)C)c1. The number of unbranched alkanes of at least 4 members (excludes halogenated alkanes) is 1. The molecule has 1 aliphatic heterocycles. The van der Waals surface area contributed by atoms with Crippen LogP contribution in [-0.2, 0) is 11.3 Å². The Bertz CT molecular complexity index is 708. The lowest BCUT2D eigenvalue weighted by atomic mass is 9.98. The van der Waals surface area contributed by atoms with Crippen molar-refractivity contribution < 1.29 is 9.53 Å². The van der Waals surface area contributed by atoms with Crippen molar-refractivity contribution in [2.24, 2.45) is 10.9 Å². The molecular weight excluding hydrogens is 404 g/mol. The summed E-state index contributed by atoms with van der Waals surface area (Å²) in [7, 11) is 0. The van der Waals surface area contributed by atoms with Crippen LogP contribution in [0.25, 0.3) is 0 Å². The number of rotatable bonds is 8. The molecule has 0 aromatic heterocycles. The molecular formula is C22H31BrN2O2. The van der Waals surface area contributed by atoms with Gasteiger partial charge in [-0.15, -0.1) is 0 Å². The van der Waals surface area contributed by atoms with Crippen LogP contribution in [-0.4, -0.2) is 28.8 Å². The third-order valence-electron chi connectivity index (χ3n) is 5.39. The maximum atomic E-state index is 13.2. The van der Waals surface area contributed by atoms with Crippen LogP contribution in [0.3, 0.4) is 0 Å². The van der Waals surface area contributed by atoms with Crippen LogP contribution in [0.4, 0.5) is 0 Å². The van der Waals surface area contributed by atoms with E-state index < -0.39 is 5.54 Å². The lowest BCUT2D eigenvalue weighted by Gasteiger charge is -2.23. The van der Waals surface area contributed by atoms with E-state index in [-0.39, 0.29) is 5.91 Å². The average molecular weight is 435 g/mol. The number of halogens is 1. The van der Waals surface area contributed by atoms with Crippen molar-refractivity contribution in [3.8, 4) is 5.75 Å². The van der Waals surface area contributed by atoms with E-state index in [4.69, 9.17) is 9.73 Å². The van der Waals surface area contributed by atoms with Gasteiger partial charge in [-0.2, -0.15) is 0 Å². The monoisotopic (exact) mass is 434 g/mol. The molecule has 1 aliphatic carbocycles. The van der Waals surface area contributed by atoms with Crippen LogP contribution in [0.2, 0.25) is 0 Å². The molecule has 148 valence electrons. The quantitative estimate of drug-likeness (QED) is 0.524. The molecule has 1 aromatic carbocycles. The zero-order valence-electron chi connectivity index (χ0n) is 16.8. The van der Waals surface area contributed by atoms with Gasteiger partial charge in [-0.25, -0.2) is 0 Å². The van der Waals surface area contributed by atoms with Gasteiger partial charge in [0, 0.05) is 6.42 Å². The van der Waals surface area contributed by atoms with Crippen LogP contribution in [0, 0.1) is 5.92 Å². The standard InChI is InChI=1S/C22H31BrN2O2/c1-4-5-8-20-24-22(11-6-7-12-22)21(26)25(20)14-17-9-10-18(23)19(13-17)27-15-16(2)3/h9-10,13,16H,4-8,11-12,14-15H2,1-3H3. The summed E-state index contributed by atoms with van der Waals surface area (Å²) in [6, 6.07) is 6.13. The first kappa shape index (κ1) is 20.4. The van der Waals surface area contributed by atoms with Gasteiger partial charge in [-0.1, -0.05) is 46.1 Å². The lowest BCUT2D eigenvalue weighted by Crippen LogP contribution is -2.40. The summed E-state index contributed by atoms with van der Waals surface area (Å²) < 4.78 is 6.89. The second-order valence-corrected chi connectivity index (χ2v) is 9.09. The smallest absolute Gasteiger partial charge is 0.256 e. The molecule has 0 radical (unpaired) electrons. The molecule has 0 atom stereocenters. The Hall–Kier alpha value is -1.36. The summed E-state index contributed by atoms with van der Waals surface area (Å²) in [6.45, 7) is 7.71. The second kappa shape index (κ2) is 8.76. The molecule has 1 amide bonds. The molecule has 4 nitrogen and oxygen atoms in total. The molecule has 3 rings (SSSR count). The molecule has 2 aliphatic rings. The van der Waals surface area contributed by atoms with Gasteiger partial charge >= 0.3 is 0 Å². The van der Waals surface area contributed by atoms with Crippen molar-refractivity contribution in [2.75, 3.05) is 6.61 Å².